The molecule has 2 aromatic rings. The van der Waals surface area contributed by atoms with Gasteiger partial charge < -0.3 is 9.88 Å². The summed E-state index contributed by atoms with van der Waals surface area (Å²) in [5, 5.41) is 3.50. The molecule has 0 aliphatic rings. The molecule has 0 saturated carbocycles. The molecular weight excluding hydrogens is 244 g/mol. The molecule has 0 unspecified atom stereocenters. The maximum absolute atomic E-state index is 3.50. The summed E-state index contributed by atoms with van der Waals surface area (Å²) in [6.45, 7) is 13.0. The van der Waals surface area contributed by atoms with Gasteiger partial charge in [-0.05, 0) is 69.5 Å². The Morgan fingerprint density at radius 3 is 2.55 bits per heavy atom. The number of aromatic nitrogens is 1. The monoisotopic (exact) mass is 270 g/mol. The first-order chi connectivity index (χ1) is 9.56. The molecule has 0 spiro atoms. The Morgan fingerprint density at radius 2 is 1.85 bits per heavy atom. The van der Waals surface area contributed by atoms with Crippen molar-refractivity contribution in [2.45, 2.75) is 47.6 Å². The Balaban J connectivity index is 2.40. The van der Waals surface area contributed by atoms with Gasteiger partial charge in [0.15, 0.2) is 0 Å². The van der Waals surface area contributed by atoms with Crippen molar-refractivity contribution < 1.29 is 0 Å². The predicted octanol–water partition coefficient (Wildman–Crippen LogP) is 4.21. The fourth-order valence-corrected chi connectivity index (χ4v) is 2.76. The molecule has 2 nitrogen and oxygen atoms in total. The number of rotatable bonds is 5. The van der Waals surface area contributed by atoms with Crippen LogP contribution in [-0.4, -0.2) is 11.1 Å². The molecule has 0 aliphatic carbocycles. The van der Waals surface area contributed by atoms with Crippen molar-refractivity contribution in [1.82, 2.24) is 9.88 Å². The van der Waals surface area contributed by atoms with E-state index in [1.165, 1.54) is 40.2 Å². The average Bonchev–Trinajstić information content (AvgIpc) is 2.69. The molecule has 0 fully saturated rings. The third-order valence-electron chi connectivity index (χ3n) is 4.10. The highest BCUT2D eigenvalue weighted by Crippen LogP contribution is 2.24. The molecule has 0 amide bonds. The Morgan fingerprint density at radius 1 is 1.10 bits per heavy atom. The van der Waals surface area contributed by atoms with Crippen LogP contribution >= 0.6 is 0 Å². The van der Waals surface area contributed by atoms with Crippen molar-refractivity contribution >= 4 is 0 Å². The van der Waals surface area contributed by atoms with Crippen molar-refractivity contribution in [2.24, 2.45) is 0 Å². The number of hydrogen-bond acceptors (Lipinski definition) is 1. The molecule has 1 heterocycles. The molecule has 0 aliphatic heterocycles. The molecule has 108 valence electrons. The Bertz CT molecular complexity index is 594. The van der Waals surface area contributed by atoms with E-state index in [-0.39, 0.29) is 0 Å². The predicted molar refractivity (Wildman–Crippen MR) is 86.7 cm³/mol. The first-order valence-corrected chi connectivity index (χ1v) is 7.51. The lowest BCUT2D eigenvalue weighted by Gasteiger charge is -2.14. The molecule has 2 heteroatoms. The van der Waals surface area contributed by atoms with E-state index in [0.29, 0.717) is 0 Å². The number of benzene rings is 1. The van der Waals surface area contributed by atoms with Gasteiger partial charge in [-0.3, -0.25) is 0 Å². The van der Waals surface area contributed by atoms with Gasteiger partial charge in [0, 0.05) is 23.6 Å². The van der Waals surface area contributed by atoms with Crippen LogP contribution in [0.1, 0.15) is 41.4 Å². The van der Waals surface area contributed by atoms with E-state index in [2.05, 4.69) is 68.8 Å². The summed E-state index contributed by atoms with van der Waals surface area (Å²) in [4.78, 5) is 0. The molecule has 0 saturated heterocycles. The van der Waals surface area contributed by atoms with Gasteiger partial charge in [-0.25, -0.2) is 0 Å². The third-order valence-corrected chi connectivity index (χ3v) is 4.10. The minimum atomic E-state index is 0.957. The number of hydrogen-bond donors (Lipinski definition) is 1. The summed E-state index contributed by atoms with van der Waals surface area (Å²) in [5.41, 5.74) is 8.07. The van der Waals surface area contributed by atoms with Gasteiger partial charge in [0.25, 0.3) is 0 Å². The molecule has 1 aromatic carbocycles. The number of nitrogens with zero attached hydrogens (tertiary/aromatic N) is 1. The summed E-state index contributed by atoms with van der Waals surface area (Å²) < 4.78 is 2.38. The highest BCUT2D eigenvalue weighted by molar-refractivity contribution is 5.49. The zero-order valence-electron chi connectivity index (χ0n) is 13.4. The van der Waals surface area contributed by atoms with E-state index in [9.17, 15) is 0 Å². The summed E-state index contributed by atoms with van der Waals surface area (Å²) in [7, 11) is 0. The van der Waals surface area contributed by atoms with E-state index in [4.69, 9.17) is 0 Å². The van der Waals surface area contributed by atoms with E-state index in [0.717, 1.165) is 13.1 Å². The van der Waals surface area contributed by atoms with Crippen LogP contribution in [0.2, 0.25) is 0 Å². The topological polar surface area (TPSA) is 17.0 Å². The van der Waals surface area contributed by atoms with Crippen molar-refractivity contribution in [1.29, 1.82) is 0 Å². The molecule has 1 N–H and O–H groups in total. The standard InChI is InChI=1S/C18H26N2/c1-6-10-19-12-17-11-14(3)20(16(17)5)18-9-7-8-13(2)15(18)4/h7-9,11,19H,6,10,12H2,1-5H3. The van der Waals surface area contributed by atoms with Gasteiger partial charge in [0.1, 0.15) is 0 Å². The van der Waals surface area contributed by atoms with Crippen LogP contribution in [0.4, 0.5) is 0 Å². The lowest BCUT2D eigenvalue weighted by atomic mass is 10.1. The first kappa shape index (κ1) is 14.9. The van der Waals surface area contributed by atoms with Crippen LogP contribution in [0, 0.1) is 27.7 Å². The fourth-order valence-electron chi connectivity index (χ4n) is 2.76. The highest BCUT2D eigenvalue weighted by Gasteiger charge is 2.12. The molecular formula is C18H26N2. The largest absolute Gasteiger partial charge is 0.318 e. The van der Waals surface area contributed by atoms with Crippen LogP contribution in [0.15, 0.2) is 24.3 Å². The summed E-state index contributed by atoms with van der Waals surface area (Å²) >= 11 is 0. The van der Waals surface area contributed by atoms with Crippen molar-refractivity contribution in [3.05, 3.63) is 52.3 Å². The minimum absolute atomic E-state index is 0.957. The number of aryl methyl sites for hydroxylation is 2. The maximum Gasteiger partial charge on any atom is 0.0486 e. The van der Waals surface area contributed by atoms with Gasteiger partial charge in [0.2, 0.25) is 0 Å². The lowest BCUT2D eigenvalue weighted by molar-refractivity contribution is 0.672. The SMILES string of the molecule is CCCNCc1cc(C)n(-c2cccc(C)c2C)c1C. The second-order valence-electron chi connectivity index (χ2n) is 5.63. The van der Waals surface area contributed by atoms with Crippen molar-refractivity contribution in [3.63, 3.8) is 0 Å². The number of nitrogens with one attached hydrogen (secondary N) is 1. The fraction of sp³-hybridized carbons (Fsp3) is 0.444. The third kappa shape index (κ3) is 2.80. The van der Waals surface area contributed by atoms with Gasteiger partial charge >= 0.3 is 0 Å². The molecule has 0 atom stereocenters. The zero-order valence-corrected chi connectivity index (χ0v) is 13.4. The van der Waals surface area contributed by atoms with Gasteiger partial charge in [-0.15, -0.1) is 0 Å². The highest BCUT2D eigenvalue weighted by atomic mass is 15.0. The van der Waals surface area contributed by atoms with Crippen LogP contribution in [0.5, 0.6) is 0 Å². The quantitative estimate of drug-likeness (QED) is 0.805. The normalized spacial score (nSPS) is 11.1. The summed E-state index contributed by atoms with van der Waals surface area (Å²) in [6, 6.07) is 8.84. The second kappa shape index (κ2) is 6.27. The first-order valence-electron chi connectivity index (χ1n) is 7.51. The zero-order chi connectivity index (χ0) is 14.7. The van der Waals surface area contributed by atoms with Crippen LogP contribution < -0.4 is 5.32 Å². The van der Waals surface area contributed by atoms with Crippen molar-refractivity contribution in [3.8, 4) is 5.69 Å². The Hall–Kier alpha value is -1.54. The van der Waals surface area contributed by atoms with E-state index in [1.54, 1.807) is 0 Å². The van der Waals surface area contributed by atoms with E-state index in [1.807, 2.05) is 0 Å². The molecule has 0 bridgehead atoms. The maximum atomic E-state index is 3.50. The van der Waals surface area contributed by atoms with Crippen molar-refractivity contribution in [2.75, 3.05) is 6.54 Å². The van der Waals surface area contributed by atoms with Crippen LogP contribution in [0.25, 0.3) is 5.69 Å². The Kier molecular flexibility index (Phi) is 4.66. The van der Waals surface area contributed by atoms with Gasteiger partial charge in [-0.1, -0.05) is 19.1 Å². The van der Waals surface area contributed by atoms with Crippen LogP contribution in [-0.2, 0) is 6.54 Å². The van der Waals surface area contributed by atoms with E-state index < -0.39 is 0 Å². The minimum Gasteiger partial charge on any atom is -0.318 e. The molecule has 0 radical (unpaired) electrons. The average molecular weight is 270 g/mol. The second-order valence-corrected chi connectivity index (χ2v) is 5.63. The van der Waals surface area contributed by atoms with E-state index >= 15 is 0 Å². The van der Waals surface area contributed by atoms with Gasteiger partial charge in [-0.2, -0.15) is 0 Å². The van der Waals surface area contributed by atoms with Crippen LogP contribution in [0.3, 0.4) is 0 Å². The van der Waals surface area contributed by atoms with Gasteiger partial charge in [0.05, 0.1) is 0 Å². The summed E-state index contributed by atoms with van der Waals surface area (Å²) in [6.07, 6.45) is 1.18. The smallest absolute Gasteiger partial charge is 0.0486 e. The summed E-state index contributed by atoms with van der Waals surface area (Å²) in [5.74, 6) is 0. The molecule has 1 aromatic heterocycles. The molecule has 2 rings (SSSR count). The lowest BCUT2D eigenvalue weighted by Crippen LogP contribution is -2.14. The molecule has 20 heavy (non-hydrogen) atoms. The Labute approximate surface area is 122 Å².